The fourth-order valence-electron chi connectivity index (χ4n) is 3.53. The van der Waals surface area contributed by atoms with Crippen LogP contribution in [0.3, 0.4) is 0 Å². The molecule has 1 aromatic rings. The Bertz CT molecular complexity index is 664. The van der Waals surface area contributed by atoms with Gasteiger partial charge in [0.15, 0.2) is 0 Å². The van der Waals surface area contributed by atoms with Crippen molar-refractivity contribution in [3.63, 3.8) is 0 Å². The van der Waals surface area contributed by atoms with E-state index in [4.69, 9.17) is 0 Å². The first kappa shape index (κ1) is 18.4. The zero-order valence-corrected chi connectivity index (χ0v) is 15.3. The van der Waals surface area contributed by atoms with Gasteiger partial charge in [0.05, 0.1) is 11.8 Å². The molecule has 0 aromatic heterocycles. The summed E-state index contributed by atoms with van der Waals surface area (Å²) in [5, 5.41) is 6.34. The van der Waals surface area contributed by atoms with Crippen molar-refractivity contribution >= 4 is 15.9 Å². The van der Waals surface area contributed by atoms with E-state index in [9.17, 15) is 13.2 Å². The van der Waals surface area contributed by atoms with Gasteiger partial charge in [-0.1, -0.05) is 36.8 Å². The molecule has 2 saturated heterocycles. The summed E-state index contributed by atoms with van der Waals surface area (Å²) in [5.41, 5.74) is 0.807. The van der Waals surface area contributed by atoms with E-state index in [0.717, 1.165) is 31.4 Å². The predicted molar refractivity (Wildman–Crippen MR) is 97.4 cm³/mol. The maximum atomic E-state index is 12.6. The van der Waals surface area contributed by atoms with E-state index >= 15 is 0 Å². The monoisotopic (exact) mass is 365 g/mol. The van der Waals surface area contributed by atoms with Crippen LogP contribution in [0.2, 0.25) is 0 Å². The van der Waals surface area contributed by atoms with E-state index in [2.05, 4.69) is 10.6 Å². The zero-order chi connectivity index (χ0) is 17.7. The van der Waals surface area contributed by atoms with Gasteiger partial charge >= 0.3 is 0 Å². The lowest BCUT2D eigenvalue weighted by Gasteiger charge is -2.33. The maximum absolute atomic E-state index is 12.6. The summed E-state index contributed by atoms with van der Waals surface area (Å²) in [7, 11) is -3.30. The minimum atomic E-state index is -3.30. The molecule has 3 rings (SSSR count). The van der Waals surface area contributed by atoms with Gasteiger partial charge in [-0.25, -0.2) is 12.7 Å². The summed E-state index contributed by atoms with van der Waals surface area (Å²) < 4.78 is 26.7. The zero-order valence-electron chi connectivity index (χ0n) is 14.5. The Balaban J connectivity index is 1.48. The SMILES string of the molecule is O=C(NC1CCN(S(=O)(=O)Cc2ccccc2)CC1)C1CCCCN1. The Hall–Kier alpha value is -1.44. The lowest BCUT2D eigenvalue weighted by atomic mass is 10.0. The van der Waals surface area contributed by atoms with Crippen LogP contribution < -0.4 is 10.6 Å². The molecule has 1 atom stereocenters. The van der Waals surface area contributed by atoms with Crippen molar-refractivity contribution in [2.75, 3.05) is 19.6 Å². The van der Waals surface area contributed by atoms with E-state index in [1.807, 2.05) is 30.3 Å². The Morgan fingerprint density at radius 3 is 2.48 bits per heavy atom. The molecule has 0 aliphatic carbocycles. The van der Waals surface area contributed by atoms with Crippen LogP contribution in [0.25, 0.3) is 0 Å². The van der Waals surface area contributed by atoms with Crippen molar-refractivity contribution in [1.82, 2.24) is 14.9 Å². The molecule has 138 valence electrons. The standard InChI is InChI=1S/C18H27N3O3S/c22-18(17-8-4-5-11-19-17)20-16-9-12-21(13-10-16)25(23,24)14-15-6-2-1-3-7-15/h1-3,6-7,16-17,19H,4-5,8-14H2,(H,20,22). The molecule has 1 amide bonds. The summed E-state index contributed by atoms with van der Waals surface area (Å²) in [4.78, 5) is 12.3. The first-order valence-corrected chi connectivity index (χ1v) is 10.7. The van der Waals surface area contributed by atoms with Crippen LogP contribution in [0.1, 0.15) is 37.7 Å². The van der Waals surface area contributed by atoms with Gasteiger partial charge in [-0.05, 0) is 37.8 Å². The maximum Gasteiger partial charge on any atom is 0.237 e. The minimum absolute atomic E-state index is 0.0386. The fourth-order valence-corrected chi connectivity index (χ4v) is 5.10. The first-order chi connectivity index (χ1) is 12.0. The number of hydrogen-bond acceptors (Lipinski definition) is 4. The van der Waals surface area contributed by atoms with Gasteiger partial charge in [-0.15, -0.1) is 0 Å². The second kappa shape index (κ2) is 8.29. The average molecular weight is 365 g/mol. The number of sulfonamides is 1. The average Bonchev–Trinajstić information content (AvgIpc) is 2.63. The first-order valence-electron chi connectivity index (χ1n) is 9.10. The van der Waals surface area contributed by atoms with Crippen LogP contribution in [0, 0.1) is 0 Å². The second-order valence-corrected chi connectivity index (χ2v) is 8.90. The Morgan fingerprint density at radius 1 is 1.12 bits per heavy atom. The van der Waals surface area contributed by atoms with Gasteiger partial charge in [-0.3, -0.25) is 4.79 Å². The highest BCUT2D eigenvalue weighted by Gasteiger charge is 2.30. The summed E-state index contributed by atoms with van der Waals surface area (Å²) >= 11 is 0. The van der Waals surface area contributed by atoms with Crippen LogP contribution in [0.4, 0.5) is 0 Å². The number of nitrogens with one attached hydrogen (secondary N) is 2. The van der Waals surface area contributed by atoms with Gasteiger partial charge < -0.3 is 10.6 Å². The van der Waals surface area contributed by atoms with Crippen LogP contribution in [-0.4, -0.2) is 50.3 Å². The van der Waals surface area contributed by atoms with Crippen molar-refractivity contribution < 1.29 is 13.2 Å². The van der Waals surface area contributed by atoms with Crippen LogP contribution in [-0.2, 0) is 20.6 Å². The van der Waals surface area contributed by atoms with E-state index in [0.29, 0.717) is 25.9 Å². The molecule has 2 N–H and O–H groups in total. The van der Waals surface area contributed by atoms with Crippen molar-refractivity contribution in [3.8, 4) is 0 Å². The Labute approximate surface area is 150 Å². The number of carbonyl (C=O) groups is 1. The molecular weight excluding hydrogens is 338 g/mol. The van der Waals surface area contributed by atoms with Crippen LogP contribution in [0.5, 0.6) is 0 Å². The number of nitrogens with zero attached hydrogens (tertiary/aromatic N) is 1. The van der Waals surface area contributed by atoms with E-state index in [1.54, 1.807) is 4.31 Å². The van der Waals surface area contributed by atoms with Gasteiger partial charge in [0, 0.05) is 19.1 Å². The van der Waals surface area contributed by atoms with E-state index < -0.39 is 10.0 Å². The molecule has 0 spiro atoms. The molecular formula is C18H27N3O3S. The third-order valence-corrected chi connectivity index (χ3v) is 6.86. The lowest BCUT2D eigenvalue weighted by molar-refractivity contribution is -0.124. The van der Waals surface area contributed by atoms with Gasteiger partial charge in [-0.2, -0.15) is 0 Å². The molecule has 2 heterocycles. The molecule has 0 bridgehead atoms. The normalized spacial score (nSPS) is 23.3. The highest BCUT2D eigenvalue weighted by atomic mass is 32.2. The predicted octanol–water partition coefficient (Wildman–Crippen LogP) is 1.24. The largest absolute Gasteiger partial charge is 0.352 e. The number of piperidine rings is 2. The summed E-state index contributed by atoms with van der Waals surface area (Å²) in [5.74, 6) is 0.0990. The second-order valence-electron chi connectivity index (χ2n) is 6.93. The molecule has 25 heavy (non-hydrogen) atoms. The highest BCUT2D eigenvalue weighted by Crippen LogP contribution is 2.18. The molecule has 0 saturated carbocycles. The van der Waals surface area contributed by atoms with E-state index in [-0.39, 0.29) is 23.7 Å². The molecule has 7 heteroatoms. The molecule has 0 radical (unpaired) electrons. The molecule has 6 nitrogen and oxygen atoms in total. The van der Waals surface area contributed by atoms with Gasteiger partial charge in [0.25, 0.3) is 0 Å². The van der Waals surface area contributed by atoms with Crippen molar-refractivity contribution in [2.24, 2.45) is 0 Å². The van der Waals surface area contributed by atoms with Crippen molar-refractivity contribution in [3.05, 3.63) is 35.9 Å². The molecule has 1 unspecified atom stereocenters. The summed E-state index contributed by atoms with van der Waals surface area (Å²) in [6.45, 7) is 1.84. The summed E-state index contributed by atoms with van der Waals surface area (Å²) in [6.07, 6.45) is 4.44. The number of amides is 1. The fraction of sp³-hybridized carbons (Fsp3) is 0.611. The third-order valence-electron chi connectivity index (χ3n) is 5.01. The molecule has 2 fully saturated rings. The van der Waals surface area contributed by atoms with Crippen LogP contribution >= 0.6 is 0 Å². The molecule has 2 aliphatic heterocycles. The van der Waals surface area contributed by atoms with Gasteiger partial charge in [0.1, 0.15) is 0 Å². The lowest BCUT2D eigenvalue weighted by Crippen LogP contribution is -2.52. The number of benzene rings is 1. The molecule has 2 aliphatic rings. The van der Waals surface area contributed by atoms with Crippen molar-refractivity contribution in [2.45, 2.75) is 49.9 Å². The van der Waals surface area contributed by atoms with E-state index in [1.165, 1.54) is 0 Å². The molecule has 1 aromatic carbocycles. The Morgan fingerprint density at radius 2 is 1.84 bits per heavy atom. The topological polar surface area (TPSA) is 78.5 Å². The summed E-state index contributed by atoms with van der Waals surface area (Å²) in [6, 6.07) is 9.24. The quantitative estimate of drug-likeness (QED) is 0.823. The number of rotatable bonds is 5. The third kappa shape index (κ3) is 5.03. The van der Waals surface area contributed by atoms with Crippen LogP contribution in [0.15, 0.2) is 30.3 Å². The smallest absolute Gasteiger partial charge is 0.237 e. The Kier molecular flexibility index (Phi) is 6.09. The van der Waals surface area contributed by atoms with Gasteiger partial charge in [0.2, 0.25) is 15.9 Å². The van der Waals surface area contributed by atoms with Crippen molar-refractivity contribution in [1.29, 1.82) is 0 Å². The number of carbonyl (C=O) groups excluding carboxylic acids is 1. The highest BCUT2D eigenvalue weighted by molar-refractivity contribution is 7.88. The minimum Gasteiger partial charge on any atom is -0.352 e. The number of hydrogen-bond donors (Lipinski definition) is 2.